The molecule has 0 aromatic carbocycles. The average Bonchev–Trinajstić information content (AvgIpc) is 2.71. The quantitative estimate of drug-likeness (QED) is 0.491. The van der Waals surface area contributed by atoms with E-state index in [-0.39, 0.29) is 24.5 Å². The van der Waals surface area contributed by atoms with Gasteiger partial charge in [0.05, 0.1) is 30.8 Å². The SMILES string of the molecule is COC(=O)C1=C(C)N(COC(=O)C(C)(C)C)C(C)=C(C(=O)OC)C1C1CCCCC1. The van der Waals surface area contributed by atoms with Crippen LogP contribution in [0.2, 0.25) is 0 Å². The van der Waals surface area contributed by atoms with Gasteiger partial charge in [-0.2, -0.15) is 0 Å². The molecular weight excluding hydrogens is 386 g/mol. The summed E-state index contributed by atoms with van der Waals surface area (Å²) < 4.78 is 15.7. The largest absolute Gasteiger partial charge is 0.466 e. The smallest absolute Gasteiger partial charge is 0.336 e. The van der Waals surface area contributed by atoms with Crippen molar-refractivity contribution in [1.29, 1.82) is 0 Å². The van der Waals surface area contributed by atoms with E-state index in [0.29, 0.717) is 22.5 Å². The van der Waals surface area contributed by atoms with Crippen LogP contribution in [-0.2, 0) is 28.6 Å². The highest BCUT2D eigenvalue weighted by atomic mass is 16.5. The second kappa shape index (κ2) is 9.67. The van der Waals surface area contributed by atoms with E-state index in [1.165, 1.54) is 14.2 Å². The van der Waals surface area contributed by atoms with E-state index in [1.807, 2.05) is 13.8 Å². The molecule has 7 heteroatoms. The van der Waals surface area contributed by atoms with E-state index in [2.05, 4.69) is 0 Å². The Kier molecular flexibility index (Phi) is 7.72. The van der Waals surface area contributed by atoms with Crippen LogP contribution in [0.1, 0.15) is 66.7 Å². The van der Waals surface area contributed by atoms with Crippen molar-refractivity contribution in [2.45, 2.75) is 66.7 Å². The molecule has 0 aromatic rings. The number of rotatable bonds is 5. The van der Waals surface area contributed by atoms with Gasteiger partial charge in [-0.25, -0.2) is 9.59 Å². The molecule has 1 fully saturated rings. The van der Waals surface area contributed by atoms with Gasteiger partial charge in [-0.3, -0.25) is 4.79 Å². The van der Waals surface area contributed by atoms with E-state index >= 15 is 0 Å². The Balaban J connectivity index is 2.54. The molecule has 0 amide bonds. The number of esters is 3. The molecule has 1 aliphatic heterocycles. The van der Waals surface area contributed by atoms with Gasteiger partial charge >= 0.3 is 17.9 Å². The molecule has 1 saturated carbocycles. The zero-order valence-electron chi connectivity index (χ0n) is 19.3. The first-order chi connectivity index (χ1) is 14.0. The monoisotopic (exact) mass is 421 g/mol. The minimum absolute atomic E-state index is 0.0911. The van der Waals surface area contributed by atoms with Crippen molar-refractivity contribution >= 4 is 17.9 Å². The average molecular weight is 422 g/mol. The maximum absolute atomic E-state index is 12.8. The molecule has 168 valence electrons. The van der Waals surface area contributed by atoms with E-state index in [0.717, 1.165) is 32.1 Å². The first kappa shape index (κ1) is 24.0. The van der Waals surface area contributed by atoms with Crippen LogP contribution in [0.5, 0.6) is 0 Å². The Bertz CT molecular complexity index is 712. The van der Waals surface area contributed by atoms with Gasteiger partial charge in [-0.15, -0.1) is 0 Å². The molecule has 1 aliphatic carbocycles. The summed E-state index contributed by atoms with van der Waals surface area (Å²) in [5.74, 6) is -1.53. The normalized spacial score (nSPS) is 19.1. The maximum atomic E-state index is 12.8. The summed E-state index contributed by atoms with van der Waals surface area (Å²) in [6.45, 7) is 8.85. The molecule has 0 N–H and O–H groups in total. The van der Waals surface area contributed by atoms with Gasteiger partial charge in [0.25, 0.3) is 0 Å². The van der Waals surface area contributed by atoms with Crippen LogP contribution in [-0.4, -0.2) is 43.8 Å². The van der Waals surface area contributed by atoms with Crippen LogP contribution in [0.15, 0.2) is 22.5 Å². The third kappa shape index (κ3) is 4.87. The summed E-state index contributed by atoms with van der Waals surface area (Å²) in [5.41, 5.74) is 1.52. The Morgan fingerprint density at radius 1 is 0.900 bits per heavy atom. The number of hydrogen-bond donors (Lipinski definition) is 0. The highest BCUT2D eigenvalue weighted by Crippen LogP contribution is 2.45. The summed E-state index contributed by atoms with van der Waals surface area (Å²) in [7, 11) is 2.68. The Labute approximate surface area is 179 Å². The molecule has 0 unspecified atom stereocenters. The van der Waals surface area contributed by atoms with Gasteiger partial charge in [0.15, 0.2) is 6.73 Å². The number of allylic oxidation sites excluding steroid dienone is 2. The third-order valence-corrected chi connectivity index (χ3v) is 6.08. The van der Waals surface area contributed by atoms with Gasteiger partial charge < -0.3 is 19.1 Å². The highest BCUT2D eigenvalue weighted by Gasteiger charge is 2.43. The molecule has 7 nitrogen and oxygen atoms in total. The number of carbonyl (C=O) groups excluding carboxylic acids is 3. The standard InChI is InChI=1S/C23H35NO6/c1-14-17(20(25)28-6)19(16-11-9-8-10-12-16)18(21(26)29-7)15(2)24(14)13-30-22(27)23(3,4)5/h16,19H,8-13H2,1-7H3. The van der Waals surface area contributed by atoms with Gasteiger partial charge in [-0.05, 0) is 53.4 Å². The van der Waals surface area contributed by atoms with Crippen LogP contribution >= 0.6 is 0 Å². The van der Waals surface area contributed by atoms with Crippen LogP contribution in [0.4, 0.5) is 0 Å². The van der Waals surface area contributed by atoms with Crippen LogP contribution in [0.25, 0.3) is 0 Å². The number of hydrogen-bond acceptors (Lipinski definition) is 7. The van der Waals surface area contributed by atoms with Crippen molar-refractivity contribution in [3.63, 3.8) is 0 Å². The van der Waals surface area contributed by atoms with Gasteiger partial charge in [0, 0.05) is 17.3 Å². The maximum Gasteiger partial charge on any atom is 0.336 e. The lowest BCUT2D eigenvalue weighted by Gasteiger charge is -2.41. The summed E-state index contributed by atoms with van der Waals surface area (Å²) in [4.78, 5) is 39.7. The van der Waals surface area contributed by atoms with Crippen molar-refractivity contribution in [3.05, 3.63) is 22.5 Å². The zero-order chi connectivity index (χ0) is 22.6. The molecule has 2 aliphatic rings. The summed E-state index contributed by atoms with van der Waals surface area (Å²) >= 11 is 0. The van der Waals surface area contributed by atoms with Crippen LogP contribution < -0.4 is 0 Å². The van der Waals surface area contributed by atoms with Crippen LogP contribution in [0, 0.1) is 17.3 Å². The molecule has 0 radical (unpaired) electrons. The second-order valence-electron chi connectivity index (χ2n) is 9.10. The lowest BCUT2D eigenvalue weighted by Crippen LogP contribution is -2.41. The number of carbonyl (C=O) groups is 3. The van der Waals surface area contributed by atoms with Gasteiger partial charge in [-0.1, -0.05) is 19.3 Å². The van der Waals surface area contributed by atoms with E-state index in [4.69, 9.17) is 14.2 Å². The number of methoxy groups -OCH3 is 2. The molecule has 0 bridgehead atoms. The fraction of sp³-hybridized carbons (Fsp3) is 0.696. The first-order valence-electron chi connectivity index (χ1n) is 10.6. The molecule has 0 aromatic heterocycles. The topological polar surface area (TPSA) is 82.1 Å². The van der Waals surface area contributed by atoms with Crippen LogP contribution in [0.3, 0.4) is 0 Å². The lowest BCUT2D eigenvalue weighted by molar-refractivity contribution is -0.156. The third-order valence-electron chi connectivity index (χ3n) is 6.08. The van der Waals surface area contributed by atoms with Crippen molar-refractivity contribution in [2.24, 2.45) is 17.3 Å². The molecular formula is C23H35NO6. The van der Waals surface area contributed by atoms with E-state index in [9.17, 15) is 14.4 Å². The van der Waals surface area contributed by atoms with Gasteiger partial charge in [0.2, 0.25) is 0 Å². The first-order valence-corrected chi connectivity index (χ1v) is 10.6. The lowest BCUT2D eigenvalue weighted by atomic mass is 9.70. The van der Waals surface area contributed by atoms with E-state index < -0.39 is 17.4 Å². The summed E-state index contributed by atoms with van der Waals surface area (Å²) in [5, 5.41) is 0. The zero-order valence-corrected chi connectivity index (χ0v) is 19.3. The predicted molar refractivity (Wildman–Crippen MR) is 112 cm³/mol. The minimum atomic E-state index is -0.661. The summed E-state index contributed by atoms with van der Waals surface area (Å²) in [6.07, 6.45) is 5.16. The Morgan fingerprint density at radius 3 is 1.77 bits per heavy atom. The number of nitrogens with zero attached hydrogens (tertiary/aromatic N) is 1. The molecule has 0 spiro atoms. The predicted octanol–water partition coefficient (Wildman–Crippen LogP) is 3.94. The Morgan fingerprint density at radius 2 is 1.37 bits per heavy atom. The Hall–Kier alpha value is -2.31. The fourth-order valence-electron chi connectivity index (χ4n) is 4.38. The number of ether oxygens (including phenoxy) is 3. The highest BCUT2D eigenvalue weighted by molar-refractivity contribution is 5.97. The van der Waals surface area contributed by atoms with E-state index in [1.54, 1.807) is 25.7 Å². The van der Waals surface area contributed by atoms with Crippen molar-refractivity contribution in [2.75, 3.05) is 21.0 Å². The summed E-state index contributed by atoms with van der Waals surface area (Å²) in [6, 6.07) is 0. The second-order valence-corrected chi connectivity index (χ2v) is 9.10. The van der Waals surface area contributed by atoms with Crippen molar-refractivity contribution in [3.8, 4) is 0 Å². The molecule has 0 atom stereocenters. The molecule has 0 saturated heterocycles. The van der Waals surface area contributed by atoms with Crippen molar-refractivity contribution < 1.29 is 28.6 Å². The molecule has 1 heterocycles. The molecule has 30 heavy (non-hydrogen) atoms. The van der Waals surface area contributed by atoms with Crippen molar-refractivity contribution in [1.82, 2.24) is 4.90 Å². The fourth-order valence-corrected chi connectivity index (χ4v) is 4.38. The molecule has 2 rings (SSSR count). The minimum Gasteiger partial charge on any atom is -0.466 e. The van der Waals surface area contributed by atoms with Gasteiger partial charge in [0.1, 0.15) is 0 Å².